The van der Waals surface area contributed by atoms with Crippen LogP contribution in [0.25, 0.3) is 0 Å². The molecule has 0 amide bonds. The third-order valence-corrected chi connectivity index (χ3v) is 15.0. The van der Waals surface area contributed by atoms with Crippen molar-refractivity contribution in [1.82, 2.24) is 0 Å². The molecule has 2 aliphatic heterocycles. The number of fused-ring (bicyclic) bond motifs is 1. The summed E-state index contributed by atoms with van der Waals surface area (Å²) in [5, 5.41) is 11.8. The summed E-state index contributed by atoms with van der Waals surface area (Å²) >= 11 is 0. The van der Waals surface area contributed by atoms with Crippen LogP contribution in [-0.2, 0) is 23.4 Å². The Labute approximate surface area is 205 Å². The molecule has 7 atom stereocenters. The zero-order chi connectivity index (χ0) is 25.1. The average Bonchev–Trinajstić information content (AvgIpc) is 3.26. The quantitative estimate of drug-likeness (QED) is 0.451. The summed E-state index contributed by atoms with van der Waals surface area (Å²) < 4.78 is 25.6. The van der Waals surface area contributed by atoms with E-state index in [1.807, 2.05) is 0 Å². The number of methoxy groups -OCH3 is 1. The maximum Gasteiger partial charge on any atom is 0.192 e. The molecule has 34 heavy (non-hydrogen) atoms. The summed E-state index contributed by atoms with van der Waals surface area (Å²) in [5.41, 5.74) is -0.884. The minimum atomic E-state index is -2.11. The number of carbonyl (C=O) groups excluding carboxylic acids is 1. The van der Waals surface area contributed by atoms with E-state index in [1.54, 1.807) is 7.11 Å². The summed E-state index contributed by atoms with van der Waals surface area (Å²) in [7, 11) is -0.508. The Morgan fingerprint density at radius 3 is 2.59 bits per heavy atom. The van der Waals surface area contributed by atoms with Gasteiger partial charge in [0.15, 0.2) is 8.32 Å². The molecule has 5 aliphatic rings. The number of ketones is 1. The van der Waals surface area contributed by atoms with Gasteiger partial charge in [-0.25, -0.2) is 0 Å². The molecule has 0 radical (unpaired) electrons. The second-order valence-corrected chi connectivity index (χ2v) is 18.1. The van der Waals surface area contributed by atoms with Gasteiger partial charge in [0.25, 0.3) is 0 Å². The van der Waals surface area contributed by atoms with Crippen molar-refractivity contribution in [2.45, 2.75) is 108 Å². The Morgan fingerprint density at radius 2 is 1.97 bits per heavy atom. The molecule has 0 unspecified atom stereocenters. The van der Waals surface area contributed by atoms with Gasteiger partial charge in [-0.3, -0.25) is 4.79 Å². The van der Waals surface area contributed by atoms with Gasteiger partial charge in [-0.1, -0.05) is 41.2 Å². The maximum atomic E-state index is 13.3. The Bertz CT molecular complexity index is 963. The van der Waals surface area contributed by atoms with Crippen LogP contribution < -0.4 is 0 Å². The van der Waals surface area contributed by atoms with Crippen LogP contribution in [0.5, 0.6) is 0 Å². The molecular weight excluding hydrogens is 448 g/mol. The summed E-state index contributed by atoms with van der Waals surface area (Å²) in [6.07, 6.45) is 3.11. The van der Waals surface area contributed by atoms with Crippen LogP contribution in [0.1, 0.15) is 60.3 Å². The second kappa shape index (κ2) is 7.14. The molecule has 0 aromatic rings. The molecule has 0 aromatic heterocycles. The fraction of sp³-hybridized carbons (Fsp3) is 0.815. The van der Waals surface area contributed by atoms with E-state index in [9.17, 15) is 9.90 Å². The molecular formula is C27H42O6Si. The third kappa shape index (κ3) is 2.66. The van der Waals surface area contributed by atoms with Gasteiger partial charge in [-0.05, 0) is 48.2 Å². The molecule has 0 aromatic carbocycles. The van der Waals surface area contributed by atoms with E-state index < -0.39 is 36.5 Å². The van der Waals surface area contributed by atoms with E-state index in [0.29, 0.717) is 12.8 Å². The van der Waals surface area contributed by atoms with E-state index >= 15 is 0 Å². The lowest BCUT2D eigenvalue weighted by Gasteiger charge is -2.60. The van der Waals surface area contributed by atoms with Gasteiger partial charge in [0.2, 0.25) is 0 Å². The zero-order valence-corrected chi connectivity index (χ0v) is 23.1. The molecule has 4 fully saturated rings. The van der Waals surface area contributed by atoms with Gasteiger partial charge in [0.05, 0.1) is 29.3 Å². The first-order valence-electron chi connectivity index (χ1n) is 12.7. The Hall–Kier alpha value is -0.833. The molecule has 6 nitrogen and oxygen atoms in total. The van der Waals surface area contributed by atoms with Crippen molar-refractivity contribution >= 4 is 14.1 Å². The SMILES string of the molecule is C=C1C2=C[C@H](O[Si](C)(C)C(C)(C)C)C(C)(C)[C@]23O[C@@]2(CC(=O)[C@@H]4CC[C@]12[C@@H]4OCOC)C[C@H]3O. The zero-order valence-electron chi connectivity index (χ0n) is 22.1. The fourth-order valence-electron chi connectivity index (χ4n) is 7.74. The predicted molar refractivity (Wildman–Crippen MR) is 132 cm³/mol. The number of aliphatic hydroxyl groups is 1. The molecule has 2 saturated heterocycles. The van der Waals surface area contributed by atoms with Crippen LogP contribution in [0.4, 0.5) is 0 Å². The monoisotopic (exact) mass is 490 g/mol. The predicted octanol–water partition coefficient (Wildman–Crippen LogP) is 4.53. The smallest absolute Gasteiger partial charge is 0.192 e. The summed E-state index contributed by atoms with van der Waals surface area (Å²) in [6.45, 7) is 20.3. The first-order valence-corrected chi connectivity index (χ1v) is 15.6. The first-order chi connectivity index (χ1) is 15.6. The molecule has 7 heteroatoms. The highest BCUT2D eigenvalue weighted by Gasteiger charge is 2.82. The molecule has 3 spiro atoms. The molecule has 3 aliphatic carbocycles. The van der Waals surface area contributed by atoms with Gasteiger partial charge in [-0.2, -0.15) is 0 Å². The second-order valence-electron chi connectivity index (χ2n) is 13.4. The van der Waals surface area contributed by atoms with E-state index in [0.717, 1.165) is 24.0 Å². The minimum absolute atomic E-state index is 0.0528. The number of hydrogen-bond acceptors (Lipinski definition) is 6. The number of ether oxygens (including phenoxy) is 3. The van der Waals surface area contributed by atoms with Gasteiger partial charge in [0, 0.05) is 31.3 Å². The highest BCUT2D eigenvalue weighted by molar-refractivity contribution is 6.74. The van der Waals surface area contributed by atoms with Crippen LogP contribution in [0.2, 0.25) is 18.1 Å². The Morgan fingerprint density at radius 1 is 1.29 bits per heavy atom. The minimum Gasteiger partial charge on any atom is -0.410 e. The highest BCUT2D eigenvalue weighted by atomic mass is 28.4. The van der Waals surface area contributed by atoms with E-state index in [4.69, 9.17) is 18.6 Å². The van der Waals surface area contributed by atoms with Crippen LogP contribution in [0.15, 0.2) is 23.8 Å². The third-order valence-electron chi connectivity index (χ3n) is 10.6. The van der Waals surface area contributed by atoms with Crippen molar-refractivity contribution in [2.75, 3.05) is 13.9 Å². The lowest BCUT2D eigenvalue weighted by molar-refractivity contribution is -0.249. The molecule has 2 heterocycles. The first kappa shape index (κ1) is 24.8. The van der Waals surface area contributed by atoms with Gasteiger partial charge >= 0.3 is 0 Å². The van der Waals surface area contributed by atoms with Crippen LogP contribution in [0.3, 0.4) is 0 Å². The van der Waals surface area contributed by atoms with Crippen molar-refractivity contribution in [3.8, 4) is 0 Å². The number of carbonyl (C=O) groups is 1. The molecule has 1 N–H and O–H groups in total. The average molecular weight is 491 g/mol. The molecule has 190 valence electrons. The highest BCUT2D eigenvalue weighted by Crippen LogP contribution is 2.75. The molecule has 4 bridgehead atoms. The number of aliphatic hydroxyl groups excluding tert-OH is 1. The fourth-order valence-corrected chi connectivity index (χ4v) is 9.09. The molecule has 5 rings (SSSR count). The van der Waals surface area contributed by atoms with E-state index in [-0.39, 0.29) is 35.7 Å². The van der Waals surface area contributed by atoms with Crippen LogP contribution in [0, 0.1) is 16.7 Å². The number of Topliss-reactive ketones (excluding diaryl/α,β-unsaturated/α-hetero) is 1. The van der Waals surface area contributed by atoms with Gasteiger partial charge in [0.1, 0.15) is 18.2 Å². The summed E-state index contributed by atoms with van der Waals surface area (Å²) in [5.74, 6) is -0.00996. The van der Waals surface area contributed by atoms with Crippen LogP contribution in [-0.4, -0.2) is 62.6 Å². The Balaban J connectivity index is 1.65. The maximum absolute atomic E-state index is 13.3. The number of rotatable bonds is 5. The van der Waals surface area contributed by atoms with Crippen molar-refractivity contribution in [2.24, 2.45) is 16.7 Å². The van der Waals surface area contributed by atoms with E-state index in [1.165, 1.54) is 0 Å². The normalized spacial score (nSPS) is 44.8. The Kier molecular flexibility index (Phi) is 5.21. The largest absolute Gasteiger partial charge is 0.410 e. The van der Waals surface area contributed by atoms with E-state index in [2.05, 4.69) is 60.4 Å². The summed E-state index contributed by atoms with van der Waals surface area (Å²) in [6, 6.07) is 0. The standard InChI is InChI=1S/C27H42O6Si/c1-16-18-12-21(32-34(8,9)23(2,3)4)24(5,6)27(18)20(29)14-25(33-27)13-19(28)17-10-11-26(16,25)22(17)31-15-30-7/h12,17,20-22,29H,1,10-11,13-15H2,2-9H3/t17-,20+,21-,22+,25-,26+,27-/m0/s1. The molecule has 2 saturated carbocycles. The van der Waals surface area contributed by atoms with Gasteiger partial charge in [-0.15, -0.1) is 0 Å². The van der Waals surface area contributed by atoms with Crippen LogP contribution >= 0.6 is 0 Å². The van der Waals surface area contributed by atoms with Crippen molar-refractivity contribution in [1.29, 1.82) is 0 Å². The van der Waals surface area contributed by atoms with Crippen molar-refractivity contribution < 1.29 is 28.5 Å². The topological polar surface area (TPSA) is 74.2 Å². The number of hydrogen-bond donors (Lipinski definition) is 1. The summed E-state index contributed by atoms with van der Waals surface area (Å²) in [4.78, 5) is 13.3. The van der Waals surface area contributed by atoms with Crippen molar-refractivity contribution in [3.05, 3.63) is 23.8 Å². The van der Waals surface area contributed by atoms with Gasteiger partial charge < -0.3 is 23.7 Å². The lowest BCUT2D eigenvalue weighted by atomic mass is 9.55. The van der Waals surface area contributed by atoms with Crippen molar-refractivity contribution in [3.63, 3.8) is 0 Å². The lowest BCUT2D eigenvalue weighted by Crippen LogP contribution is -2.67.